The Balaban J connectivity index is 1.95. The lowest BCUT2D eigenvalue weighted by Gasteiger charge is -2.19. The molecule has 0 fully saturated rings. The Morgan fingerprint density at radius 1 is 0.735 bits per heavy atom. The van der Waals surface area contributed by atoms with Crippen molar-refractivity contribution in [1.82, 2.24) is 15.0 Å². The Bertz CT molecular complexity index is 1510. The number of nitrogens with zero attached hydrogens (tertiary/aromatic N) is 4. The van der Waals surface area contributed by atoms with Crippen LogP contribution >= 0.6 is 0 Å². The number of nitrogens with two attached hydrogens (primary N) is 1. The molecule has 0 spiro atoms. The van der Waals surface area contributed by atoms with Crippen LogP contribution in [0.3, 0.4) is 0 Å². The summed E-state index contributed by atoms with van der Waals surface area (Å²) >= 11 is 0. The van der Waals surface area contributed by atoms with Gasteiger partial charge < -0.3 is 10.6 Å². The molecule has 2 heterocycles. The molecular formula is C27H21F2N5. The molecule has 0 amide bonds. The van der Waals surface area contributed by atoms with Crippen molar-refractivity contribution in [2.75, 3.05) is 24.7 Å². The maximum atomic E-state index is 14.4. The smallest absolute Gasteiger partial charge is 0.165 e. The third kappa shape index (κ3) is 3.81. The van der Waals surface area contributed by atoms with Crippen molar-refractivity contribution in [3.8, 4) is 33.5 Å². The minimum atomic E-state index is -0.403. The molecule has 0 aliphatic rings. The molecule has 2 N–H and O–H groups in total. The molecule has 0 bridgehead atoms. The lowest BCUT2D eigenvalue weighted by atomic mass is 9.88. The van der Waals surface area contributed by atoms with Crippen molar-refractivity contribution in [2.45, 2.75) is 0 Å². The molecule has 2 aromatic heterocycles. The van der Waals surface area contributed by atoms with Crippen molar-refractivity contribution in [2.24, 2.45) is 0 Å². The average Bonchev–Trinajstić information content (AvgIpc) is 2.83. The molecule has 0 saturated carbocycles. The molecule has 0 aliphatic carbocycles. The molecule has 5 nitrogen and oxygen atoms in total. The molecule has 0 unspecified atom stereocenters. The van der Waals surface area contributed by atoms with Crippen LogP contribution in [0.15, 0.2) is 79.1 Å². The fraction of sp³-hybridized carbons (Fsp3) is 0.0741. The summed E-state index contributed by atoms with van der Waals surface area (Å²) in [5.41, 5.74) is 11.4. The molecule has 0 saturated heterocycles. The van der Waals surface area contributed by atoms with Gasteiger partial charge in [-0.2, -0.15) is 0 Å². The van der Waals surface area contributed by atoms with Crippen LogP contribution < -0.4 is 10.6 Å². The average molecular weight is 453 g/mol. The Hall–Kier alpha value is -4.39. The van der Waals surface area contributed by atoms with Crippen molar-refractivity contribution >= 4 is 22.5 Å². The number of pyridine rings is 1. The van der Waals surface area contributed by atoms with E-state index in [1.807, 2.05) is 43.3 Å². The van der Waals surface area contributed by atoms with Gasteiger partial charge in [0.05, 0.1) is 11.1 Å². The zero-order valence-electron chi connectivity index (χ0n) is 18.6. The van der Waals surface area contributed by atoms with Crippen LogP contribution in [0, 0.1) is 11.6 Å². The van der Waals surface area contributed by atoms with E-state index in [0.29, 0.717) is 39.0 Å². The number of hydrogen-bond acceptors (Lipinski definition) is 5. The zero-order valence-corrected chi connectivity index (χ0v) is 18.6. The molecule has 34 heavy (non-hydrogen) atoms. The first kappa shape index (κ1) is 21.5. The lowest BCUT2D eigenvalue weighted by molar-refractivity contribution is 0.627. The Morgan fingerprint density at radius 2 is 1.35 bits per heavy atom. The highest BCUT2D eigenvalue weighted by Crippen LogP contribution is 2.44. The fourth-order valence-electron chi connectivity index (χ4n) is 4.10. The molecule has 168 valence electrons. The van der Waals surface area contributed by atoms with Gasteiger partial charge in [0, 0.05) is 36.5 Å². The van der Waals surface area contributed by atoms with Crippen molar-refractivity contribution in [1.29, 1.82) is 0 Å². The van der Waals surface area contributed by atoms with E-state index in [0.717, 1.165) is 11.3 Å². The molecule has 7 heteroatoms. The second kappa shape index (κ2) is 8.51. The van der Waals surface area contributed by atoms with E-state index in [1.165, 1.54) is 30.6 Å². The van der Waals surface area contributed by atoms with Gasteiger partial charge in [-0.3, -0.25) is 0 Å². The summed E-state index contributed by atoms with van der Waals surface area (Å²) < 4.78 is 28.7. The standard InChI is InChI=1S/C27H21F2N5/c1-34(2)21-11-9-16(10-12-21)25-23(18-6-4-8-20(29)14-18)22(17-5-3-7-19(28)13-17)24-26(30)31-15-32-27(24)33-25/h3-15H,1-2H3,(H2,30,31,32,33). The van der Waals surface area contributed by atoms with Crippen LogP contribution in [0.5, 0.6) is 0 Å². The van der Waals surface area contributed by atoms with Crippen molar-refractivity contribution < 1.29 is 8.78 Å². The molecule has 0 aliphatic heterocycles. The fourth-order valence-corrected chi connectivity index (χ4v) is 4.10. The van der Waals surface area contributed by atoms with Gasteiger partial charge in [-0.25, -0.2) is 23.7 Å². The maximum Gasteiger partial charge on any atom is 0.165 e. The van der Waals surface area contributed by atoms with Gasteiger partial charge in [0.2, 0.25) is 0 Å². The van der Waals surface area contributed by atoms with Crippen LogP contribution in [0.25, 0.3) is 44.5 Å². The van der Waals surface area contributed by atoms with Gasteiger partial charge in [-0.1, -0.05) is 36.4 Å². The van der Waals surface area contributed by atoms with Gasteiger partial charge in [0.1, 0.15) is 23.8 Å². The Kier molecular flexibility index (Phi) is 5.37. The number of hydrogen-bond donors (Lipinski definition) is 1. The van der Waals surface area contributed by atoms with Crippen LogP contribution in [-0.2, 0) is 0 Å². The quantitative estimate of drug-likeness (QED) is 0.364. The van der Waals surface area contributed by atoms with E-state index in [9.17, 15) is 8.78 Å². The number of anilines is 2. The predicted octanol–water partition coefficient (Wildman–Crippen LogP) is 5.95. The summed E-state index contributed by atoms with van der Waals surface area (Å²) in [6.45, 7) is 0. The summed E-state index contributed by atoms with van der Waals surface area (Å²) in [5.74, 6) is -0.585. The van der Waals surface area contributed by atoms with E-state index in [-0.39, 0.29) is 5.82 Å². The number of benzene rings is 3. The summed E-state index contributed by atoms with van der Waals surface area (Å²) in [5, 5.41) is 0.487. The third-order valence-corrected chi connectivity index (χ3v) is 5.69. The van der Waals surface area contributed by atoms with Crippen LogP contribution in [0.1, 0.15) is 0 Å². The van der Waals surface area contributed by atoms with E-state index in [4.69, 9.17) is 10.7 Å². The summed E-state index contributed by atoms with van der Waals surface area (Å²) in [7, 11) is 3.92. The van der Waals surface area contributed by atoms with E-state index in [2.05, 4.69) is 9.97 Å². The first-order valence-corrected chi connectivity index (χ1v) is 10.7. The SMILES string of the molecule is CN(C)c1ccc(-c2nc3ncnc(N)c3c(-c3cccc(F)c3)c2-c2cccc(F)c2)cc1. The highest BCUT2D eigenvalue weighted by atomic mass is 19.1. The van der Waals surface area contributed by atoms with Crippen molar-refractivity contribution in [3.63, 3.8) is 0 Å². The molecule has 3 aromatic carbocycles. The highest BCUT2D eigenvalue weighted by Gasteiger charge is 2.22. The van der Waals surface area contributed by atoms with Crippen LogP contribution in [0.2, 0.25) is 0 Å². The van der Waals surface area contributed by atoms with Crippen LogP contribution in [-0.4, -0.2) is 29.0 Å². The minimum absolute atomic E-state index is 0.212. The predicted molar refractivity (Wildman–Crippen MR) is 132 cm³/mol. The Morgan fingerprint density at radius 3 is 1.94 bits per heavy atom. The summed E-state index contributed by atoms with van der Waals surface area (Å²) in [4.78, 5) is 15.3. The first-order chi connectivity index (χ1) is 16.4. The molecule has 0 atom stereocenters. The summed E-state index contributed by atoms with van der Waals surface area (Å²) in [6, 6.07) is 20.3. The van der Waals surface area contributed by atoms with Gasteiger partial charge in [0.25, 0.3) is 0 Å². The van der Waals surface area contributed by atoms with Crippen molar-refractivity contribution in [3.05, 3.63) is 90.8 Å². The lowest BCUT2D eigenvalue weighted by Crippen LogP contribution is -2.08. The largest absolute Gasteiger partial charge is 0.383 e. The molecular weight excluding hydrogens is 432 g/mol. The molecule has 0 radical (unpaired) electrons. The third-order valence-electron chi connectivity index (χ3n) is 5.69. The summed E-state index contributed by atoms with van der Waals surface area (Å²) in [6.07, 6.45) is 1.35. The number of aromatic nitrogens is 3. The second-order valence-corrected chi connectivity index (χ2v) is 8.13. The number of nitrogen functional groups attached to an aromatic ring is 1. The monoisotopic (exact) mass is 453 g/mol. The van der Waals surface area contributed by atoms with Gasteiger partial charge in [-0.15, -0.1) is 0 Å². The minimum Gasteiger partial charge on any atom is -0.383 e. The van der Waals surface area contributed by atoms with E-state index < -0.39 is 11.6 Å². The number of rotatable bonds is 4. The second-order valence-electron chi connectivity index (χ2n) is 8.13. The van der Waals surface area contributed by atoms with Gasteiger partial charge in [-0.05, 0) is 47.5 Å². The zero-order chi connectivity index (χ0) is 23.8. The Labute approximate surface area is 195 Å². The van der Waals surface area contributed by atoms with Crippen LogP contribution in [0.4, 0.5) is 20.3 Å². The number of halogens is 2. The molecule has 5 rings (SSSR count). The van der Waals surface area contributed by atoms with Gasteiger partial charge >= 0.3 is 0 Å². The topological polar surface area (TPSA) is 67.9 Å². The highest BCUT2D eigenvalue weighted by molar-refractivity contribution is 6.09. The van der Waals surface area contributed by atoms with E-state index in [1.54, 1.807) is 24.3 Å². The maximum absolute atomic E-state index is 14.4. The number of fused-ring (bicyclic) bond motifs is 1. The normalized spacial score (nSPS) is 11.1. The van der Waals surface area contributed by atoms with E-state index >= 15 is 0 Å². The van der Waals surface area contributed by atoms with Gasteiger partial charge in [0.15, 0.2) is 5.65 Å². The first-order valence-electron chi connectivity index (χ1n) is 10.7. The molecule has 5 aromatic rings.